The molecule has 0 saturated heterocycles. The summed E-state index contributed by atoms with van der Waals surface area (Å²) in [4.78, 5) is 22.7. The van der Waals surface area contributed by atoms with Crippen LogP contribution in [-0.4, -0.2) is 23.0 Å². The van der Waals surface area contributed by atoms with E-state index < -0.39 is 12.0 Å². The third-order valence-electron chi connectivity index (χ3n) is 2.79. The van der Waals surface area contributed by atoms with Crippen LogP contribution in [0.3, 0.4) is 0 Å². The van der Waals surface area contributed by atoms with Crippen molar-refractivity contribution in [2.45, 2.75) is 33.2 Å². The monoisotopic (exact) mass is 264 g/mol. The first-order valence-corrected chi connectivity index (χ1v) is 6.21. The number of hydrogen-bond acceptors (Lipinski definition) is 3. The van der Waals surface area contributed by atoms with Gasteiger partial charge in [0.25, 0.3) is 0 Å². The van der Waals surface area contributed by atoms with Gasteiger partial charge in [0.05, 0.1) is 11.6 Å². The zero-order valence-corrected chi connectivity index (χ0v) is 11.4. The van der Waals surface area contributed by atoms with Gasteiger partial charge in [-0.15, -0.1) is 0 Å². The van der Waals surface area contributed by atoms with Crippen LogP contribution in [0.5, 0.6) is 0 Å². The molecule has 0 aliphatic rings. The number of nitrogens with one attached hydrogen (secondary N) is 1. The molecule has 4 N–H and O–H groups in total. The van der Waals surface area contributed by atoms with E-state index in [1.54, 1.807) is 13.0 Å². The van der Waals surface area contributed by atoms with E-state index in [0.29, 0.717) is 23.6 Å². The highest BCUT2D eigenvalue weighted by Crippen LogP contribution is 2.17. The summed E-state index contributed by atoms with van der Waals surface area (Å²) >= 11 is 0. The van der Waals surface area contributed by atoms with Crippen LogP contribution in [0.15, 0.2) is 18.2 Å². The number of carbonyl (C=O) groups is 2. The molecule has 0 radical (unpaired) electrons. The quantitative estimate of drug-likeness (QED) is 0.758. The Kier molecular flexibility index (Phi) is 5.06. The van der Waals surface area contributed by atoms with Crippen LogP contribution in [0.1, 0.15) is 36.2 Å². The van der Waals surface area contributed by atoms with Gasteiger partial charge in [-0.05, 0) is 43.0 Å². The van der Waals surface area contributed by atoms with Crippen molar-refractivity contribution in [3.05, 3.63) is 29.3 Å². The van der Waals surface area contributed by atoms with Crippen molar-refractivity contribution in [3.8, 4) is 0 Å². The average Bonchev–Trinajstić information content (AvgIpc) is 2.30. The van der Waals surface area contributed by atoms with Gasteiger partial charge in [-0.1, -0.05) is 13.8 Å². The molecular weight excluding hydrogens is 244 g/mol. The Hall–Kier alpha value is -1.88. The predicted octanol–water partition coefficient (Wildman–Crippen LogP) is 2.01. The van der Waals surface area contributed by atoms with Crippen molar-refractivity contribution in [2.24, 2.45) is 11.7 Å². The van der Waals surface area contributed by atoms with Crippen LogP contribution in [0, 0.1) is 12.8 Å². The van der Waals surface area contributed by atoms with Crippen LogP contribution in [-0.2, 0) is 4.79 Å². The summed E-state index contributed by atoms with van der Waals surface area (Å²) in [6.07, 6.45) is 0.609. The molecule has 1 rings (SSSR count). The zero-order chi connectivity index (χ0) is 14.6. The van der Waals surface area contributed by atoms with E-state index in [4.69, 9.17) is 10.8 Å². The molecule has 0 heterocycles. The summed E-state index contributed by atoms with van der Waals surface area (Å²) < 4.78 is 0. The Morgan fingerprint density at radius 2 is 2.00 bits per heavy atom. The van der Waals surface area contributed by atoms with E-state index in [1.807, 2.05) is 13.8 Å². The third kappa shape index (κ3) is 4.37. The molecule has 0 bridgehead atoms. The molecule has 104 valence electrons. The number of rotatable bonds is 5. The highest BCUT2D eigenvalue weighted by Gasteiger charge is 2.16. The van der Waals surface area contributed by atoms with Crippen LogP contribution in [0.25, 0.3) is 0 Å². The van der Waals surface area contributed by atoms with E-state index in [9.17, 15) is 9.59 Å². The van der Waals surface area contributed by atoms with Gasteiger partial charge in [0.1, 0.15) is 0 Å². The maximum Gasteiger partial charge on any atom is 0.335 e. The summed E-state index contributed by atoms with van der Waals surface area (Å²) in [6, 6.07) is 4.00. The number of anilines is 1. The normalized spacial score (nSPS) is 12.3. The standard InChI is InChI=1S/C14H20N2O3/c1-8(2)6-11(15)13(17)16-12-5-4-10(14(18)19)7-9(12)3/h4-5,7-8,11H,6,15H2,1-3H3,(H,16,17)(H,18,19)/t11-/m1/s1. The van der Waals surface area contributed by atoms with Gasteiger partial charge in [0.2, 0.25) is 5.91 Å². The van der Waals surface area contributed by atoms with Gasteiger partial charge < -0.3 is 16.2 Å². The Morgan fingerprint density at radius 1 is 1.37 bits per heavy atom. The molecule has 1 atom stereocenters. The van der Waals surface area contributed by atoms with E-state index in [1.165, 1.54) is 12.1 Å². The first kappa shape index (κ1) is 15.2. The molecule has 1 amide bonds. The molecule has 0 unspecified atom stereocenters. The Bertz CT molecular complexity index is 484. The zero-order valence-electron chi connectivity index (χ0n) is 11.4. The molecule has 5 nitrogen and oxygen atoms in total. The molecule has 1 aromatic carbocycles. The number of aryl methyl sites for hydroxylation is 1. The molecule has 0 spiro atoms. The molecular formula is C14H20N2O3. The van der Waals surface area contributed by atoms with Crippen molar-refractivity contribution in [1.29, 1.82) is 0 Å². The third-order valence-corrected chi connectivity index (χ3v) is 2.79. The topological polar surface area (TPSA) is 92.4 Å². The summed E-state index contributed by atoms with van der Waals surface area (Å²) in [6.45, 7) is 5.75. The molecule has 0 aliphatic heterocycles. The number of amides is 1. The van der Waals surface area contributed by atoms with Crippen LogP contribution < -0.4 is 11.1 Å². The number of hydrogen-bond donors (Lipinski definition) is 3. The lowest BCUT2D eigenvalue weighted by atomic mass is 10.0. The number of carboxylic acid groups (broad SMARTS) is 1. The van der Waals surface area contributed by atoms with Gasteiger partial charge in [0, 0.05) is 5.69 Å². The second-order valence-electron chi connectivity index (χ2n) is 5.06. The lowest BCUT2D eigenvalue weighted by Gasteiger charge is -2.15. The number of carbonyl (C=O) groups excluding carboxylic acids is 1. The summed E-state index contributed by atoms with van der Waals surface area (Å²) in [5.74, 6) is -0.895. The molecule has 0 aliphatic carbocycles. The fourth-order valence-corrected chi connectivity index (χ4v) is 1.78. The molecule has 5 heteroatoms. The highest BCUT2D eigenvalue weighted by molar-refractivity contribution is 5.96. The predicted molar refractivity (Wildman–Crippen MR) is 74.2 cm³/mol. The van der Waals surface area contributed by atoms with E-state index in [-0.39, 0.29) is 11.5 Å². The molecule has 0 fully saturated rings. The van der Waals surface area contributed by atoms with Crippen LogP contribution in [0.4, 0.5) is 5.69 Å². The second-order valence-corrected chi connectivity index (χ2v) is 5.06. The summed E-state index contributed by atoms with van der Waals surface area (Å²) in [5.41, 5.74) is 7.28. The Labute approximate surface area is 112 Å². The second kappa shape index (κ2) is 6.33. The number of aromatic carboxylic acids is 1. The van der Waals surface area contributed by atoms with Crippen molar-refractivity contribution < 1.29 is 14.7 Å². The minimum atomic E-state index is -0.988. The fraction of sp³-hybridized carbons (Fsp3) is 0.429. The van der Waals surface area contributed by atoms with Gasteiger partial charge in [-0.2, -0.15) is 0 Å². The largest absolute Gasteiger partial charge is 0.478 e. The van der Waals surface area contributed by atoms with Gasteiger partial charge in [0.15, 0.2) is 0 Å². The smallest absolute Gasteiger partial charge is 0.335 e. The van der Waals surface area contributed by atoms with Crippen molar-refractivity contribution in [1.82, 2.24) is 0 Å². The molecule has 0 aromatic heterocycles. The van der Waals surface area contributed by atoms with E-state index >= 15 is 0 Å². The maximum atomic E-state index is 11.9. The molecule has 1 aromatic rings. The Morgan fingerprint density at radius 3 is 2.47 bits per heavy atom. The Balaban J connectivity index is 2.77. The van der Waals surface area contributed by atoms with Crippen molar-refractivity contribution >= 4 is 17.6 Å². The van der Waals surface area contributed by atoms with E-state index in [0.717, 1.165) is 0 Å². The van der Waals surface area contributed by atoms with Gasteiger partial charge in [-0.25, -0.2) is 4.79 Å². The molecule has 19 heavy (non-hydrogen) atoms. The lowest BCUT2D eigenvalue weighted by molar-refractivity contribution is -0.117. The van der Waals surface area contributed by atoms with Crippen molar-refractivity contribution in [3.63, 3.8) is 0 Å². The first-order chi connectivity index (χ1) is 8.81. The summed E-state index contributed by atoms with van der Waals surface area (Å²) in [5, 5.41) is 11.6. The van der Waals surface area contributed by atoms with Gasteiger partial charge in [-0.3, -0.25) is 4.79 Å². The number of benzene rings is 1. The lowest BCUT2D eigenvalue weighted by Crippen LogP contribution is -2.36. The minimum Gasteiger partial charge on any atom is -0.478 e. The first-order valence-electron chi connectivity index (χ1n) is 6.21. The summed E-state index contributed by atoms with van der Waals surface area (Å²) in [7, 11) is 0. The number of nitrogens with two attached hydrogens (primary N) is 1. The number of carboxylic acids is 1. The molecule has 0 saturated carbocycles. The van der Waals surface area contributed by atoms with Crippen LogP contribution in [0.2, 0.25) is 0 Å². The van der Waals surface area contributed by atoms with Crippen LogP contribution >= 0.6 is 0 Å². The fourth-order valence-electron chi connectivity index (χ4n) is 1.78. The SMILES string of the molecule is Cc1cc(C(=O)O)ccc1NC(=O)[C@H](N)CC(C)C. The minimum absolute atomic E-state index is 0.196. The van der Waals surface area contributed by atoms with Crippen molar-refractivity contribution in [2.75, 3.05) is 5.32 Å². The average molecular weight is 264 g/mol. The highest BCUT2D eigenvalue weighted by atomic mass is 16.4. The van der Waals surface area contributed by atoms with Gasteiger partial charge >= 0.3 is 5.97 Å². The van der Waals surface area contributed by atoms with E-state index in [2.05, 4.69) is 5.32 Å². The maximum absolute atomic E-state index is 11.9.